The zero-order chi connectivity index (χ0) is 12.8. The molecule has 1 aliphatic heterocycles. The van der Waals surface area contributed by atoms with Gasteiger partial charge >= 0.3 is 5.97 Å². The summed E-state index contributed by atoms with van der Waals surface area (Å²) in [6.45, 7) is 7.58. The highest BCUT2D eigenvalue weighted by molar-refractivity contribution is 9.10. The molecule has 1 aliphatic rings. The first-order chi connectivity index (χ1) is 8.04. The molecule has 2 atom stereocenters. The maximum atomic E-state index is 11.3. The Labute approximate surface area is 113 Å². The number of rotatable bonds is 4. The van der Waals surface area contributed by atoms with Gasteiger partial charge in [-0.3, -0.25) is 4.79 Å². The lowest BCUT2D eigenvalue weighted by atomic mass is 9.89. The van der Waals surface area contributed by atoms with Gasteiger partial charge in [-0.1, -0.05) is 29.8 Å². The first kappa shape index (κ1) is 15.0. The standard InChI is InChI=1S/C13H24BrNO2/c1-10(2)11-5-4-7-15(8-6-11)9-12(14)13(16)17-3/h10-12H,4-9H2,1-3H3. The number of hydrogen-bond donors (Lipinski definition) is 0. The number of hydrogen-bond acceptors (Lipinski definition) is 3. The first-order valence-corrected chi connectivity index (χ1v) is 7.40. The minimum Gasteiger partial charge on any atom is -0.468 e. The van der Waals surface area contributed by atoms with Gasteiger partial charge in [0.25, 0.3) is 0 Å². The van der Waals surface area contributed by atoms with E-state index in [2.05, 4.69) is 34.7 Å². The van der Waals surface area contributed by atoms with Gasteiger partial charge in [-0.05, 0) is 44.2 Å². The molecule has 1 rings (SSSR count). The second kappa shape index (κ2) is 7.37. The topological polar surface area (TPSA) is 29.5 Å². The molecular formula is C13H24BrNO2. The van der Waals surface area contributed by atoms with E-state index in [1.54, 1.807) is 0 Å². The van der Waals surface area contributed by atoms with Gasteiger partial charge in [-0.2, -0.15) is 0 Å². The van der Waals surface area contributed by atoms with E-state index in [0.29, 0.717) is 0 Å². The molecule has 0 saturated carbocycles. The van der Waals surface area contributed by atoms with Crippen LogP contribution < -0.4 is 0 Å². The molecule has 4 heteroatoms. The summed E-state index contributed by atoms with van der Waals surface area (Å²) in [4.78, 5) is 13.5. The van der Waals surface area contributed by atoms with Crippen LogP contribution in [0.1, 0.15) is 33.1 Å². The molecular weight excluding hydrogens is 282 g/mol. The van der Waals surface area contributed by atoms with E-state index in [1.165, 1.54) is 26.4 Å². The third-order valence-corrected chi connectivity index (χ3v) is 4.35. The van der Waals surface area contributed by atoms with Gasteiger partial charge in [0, 0.05) is 6.54 Å². The quantitative estimate of drug-likeness (QED) is 0.591. The number of alkyl halides is 1. The fraction of sp³-hybridized carbons (Fsp3) is 0.923. The second-order valence-corrected chi connectivity index (χ2v) is 6.33. The Hall–Kier alpha value is -0.0900. The molecule has 1 fully saturated rings. The molecule has 0 radical (unpaired) electrons. The average Bonchev–Trinajstić information content (AvgIpc) is 2.53. The van der Waals surface area contributed by atoms with E-state index < -0.39 is 0 Å². The van der Waals surface area contributed by atoms with Gasteiger partial charge in [-0.15, -0.1) is 0 Å². The van der Waals surface area contributed by atoms with Crippen LogP contribution in [0.25, 0.3) is 0 Å². The van der Waals surface area contributed by atoms with Crippen molar-refractivity contribution < 1.29 is 9.53 Å². The van der Waals surface area contributed by atoms with Gasteiger partial charge in [0.1, 0.15) is 4.83 Å². The minimum absolute atomic E-state index is 0.172. The molecule has 0 N–H and O–H groups in total. The van der Waals surface area contributed by atoms with Crippen LogP contribution in [0.3, 0.4) is 0 Å². The summed E-state index contributed by atoms with van der Waals surface area (Å²) in [5.74, 6) is 1.44. The Morgan fingerprint density at radius 2 is 2.12 bits per heavy atom. The summed E-state index contributed by atoms with van der Waals surface area (Å²) in [6.07, 6.45) is 3.81. The van der Waals surface area contributed by atoms with Crippen molar-refractivity contribution in [3.63, 3.8) is 0 Å². The molecule has 0 spiro atoms. The van der Waals surface area contributed by atoms with Crippen molar-refractivity contribution >= 4 is 21.9 Å². The zero-order valence-electron chi connectivity index (χ0n) is 11.1. The molecule has 3 nitrogen and oxygen atoms in total. The third kappa shape index (κ3) is 4.96. The van der Waals surface area contributed by atoms with Crippen molar-refractivity contribution in [2.75, 3.05) is 26.7 Å². The van der Waals surface area contributed by atoms with Crippen molar-refractivity contribution in [2.24, 2.45) is 11.8 Å². The van der Waals surface area contributed by atoms with Gasteiger partial charge in [0.05, 0.1) is 7.11 Å². The average molecular weight is 306 g/mol. The number of esters is 1. The molecule has 2 unspecified atom stereocenters. The van der Waals surface area contributed by atoms with Crippen LogP contribution in [0, 0.1) is 11.8 Å². The Morgan fingerprint density at radius 3 is 2.71 bits per heavy atom. The Kier molecular flexibility index (Phi) is 6.49. The Bertz CT molecular complexity index is 246. The monoisotopic (exact) mass is 305 g/mol. The maximum absolute atomic E-state index is 11.3. The van der Waals surface area contributed by atoms with E-state index in [9.17, 15) is 4.79 Å². The van der Waals surface area contributed by atoms with Gasteiger partial charge in [0.2, 0.25) is 0 Å². The van der Waals surface area contributed by atoms with Crippen molar-refractivity contribution in [1.29, 1.82) is 0 Å². The van der Waals surface area contributed by atoms with E-state index in [0.717, 1.165) is 31.5 Å². The molecule has 1 heterocycles. The van der Waals surface area contributed by atoms with E-state index in [-0.39, 0.29) is 10.8 Å². The predicted octanol–water partition coefficient (Wildman–Crippen LogP) is 2.68. The predicted molar refractivity (Wildman–Crippen MR) is 73.4 cm³/mol. The number of likely N-dealkylation sites (tertiary alicyclic amines) is 1. The molecule has 100 valence electrons. The molecule has 17 heavy (non-hydrogen) atoms. The van der Waals surface area contributed by atoms with Crippen molar-refractivity contribution in [2.45, 2.75) is 37.9 Å². The minimum atomic E-state index is -0.192. The lowest BCUT2D eigenvalue weighted by molar-refractivity contribution is -0.140. The number of ether oxygens (including phenoxy) is 1. The summed E-state index contributed by atoms with van der Waals surface area (Å²) in [5, 5.41) is 0. The molecule has 0 amide bonds. The van der Waals surface area contributed by atoms with Crippen LogP contribution in [-0.2, 0) is 9.53 Å². The molecule has 0 bridgehead atoms. The largest absolute Gasteiger partial charge is 0.468 e. The third-order valence-electron chi connectivity index (χ3n) is 3.68. The number of methoxy groups -OCH3 is 1. The Balaban J connectivity index is 2.38. The fourth-order valence-electron chi connectivity index (χ4n) is 2.46. The summed E-state index contributed by atoms with van der Waals surface area (Å²) in [5.41, 5.74) is 0. The summed E-state index contributed by atoms with van der Waals surface area (Å²) in [7, 11) is 1.44. The highest BCUT2D eigenvalue weighted by Gasteiger charge is 2.23. The molecule has 0 aromatic rings. The second-order valence-electron chi connectivity index (χ2n) is 5.23. The molecule has 0 aromatic heterocycles. The highest BCUT2D eigenvalue weighted by atomic mass is 79.9. The smallest absolute Gasteiger partial charge is 0.320 e. The number of halogens is 1. The Morgan fingerprint density at radius 1 is 1.41 bits per heavy atom. The van der Waals surface area contributed by atoms with E-state index in [4.69, 9.17) is 4.74 Å². The van der Waals surface area contributed by atoms with Crippen LogP contribution in [0.4, 0.5) is 0 Å². The van der Waals surface area contributed by atoms with Gasteiger partial charge in [0.15, 0.2) is 0 Å². The van der Waals surface area contributed by atoms with Crippen LogP contribution >= 0.6 is 15.9 Å². The first-order valence-electron chi connectivity index (χ1n) is 6.48. The molecule has 1 saturated heterocycles. The molecule has 0 aromatic carbocycles. The van der Waals surface area contributed by atoms with E-state index >= 15 is 0 Å². The van der Waals surface area contributed by atoms with E-state index in [1.807, 2.05) is 0 Å². The van der Waals surface area contributed by atoms with Crippen LogP contribution in [0.2, 0.25) is 0 Å². The molecule has 0 aliphatic carbocycles. The van der Waals surface area contributed by atoms with Crippen molar-refractivity contribution in [3.05, 3.63) is 0 Å². The van der Waals surface area contributed by atoms with Crippen molar-refractivity contribution in [3.8, 4) is 0 Å². The van der Waals surface area contributed by atoms with Gasteiger partial charge in [-0.25, -0.2) is 0 Å². The van der Waals surface area contributed by atoms with Crippen LogP contribution in [-0.4, -0.2) is 42.4 Å². The zero-order valence-corrected chi connectivity index (χ0v) is 12.7. The lowest BCUT2D eigenvalue weighted by Crippen LogP contribution is -2.35. The normalized spacial score (nSPS) is 24.4. The SMILES string of the molecule is COC(=O)C(Br)CN1CCCC(C(C)C)CC1. The fourth-order valence-corrected chi connectivity index (χ4v) is 3.06. The maximum Gasteiger partial charge on any atom is 0.320 e. The summed E-state index contributed by atoms with van der Waals surface area (Å²) >= 11 is 3.39. The van der Waals surface area contributed by atoms with Crippen LogP contribution in [0.15, 0.2) is 0 Å². The number of carbonyl (C=O) groups is 1. The van der Waals surface area contributed by atoms with Crippen molar-refractivity contribution in [1.82, 2.24) is 4.90 Å². The lowest BCUT2D eigenvalue weighted by Gasteiger charge is -2.22. The van der Waals surface area contributed by atoms with Crippen LogP contribution in [0.5, 0.6) is 0 Å². The van der Waals surface area contributed by atoms with Gasteiger partial charge < -0.3 is 9.64 Å². The summed E-state index contributed by atoms with van der Waals surface area (Å²) in [6, 6.07) is 0. The number of carbonyl (C=O) groups excluding carboxylic acids is 1. The highest BCUT2D eigenvalue weighted by Crippen LogP contribution is 2.24. The number of nitrogens with zero attached hydrogens (tertiary/aromatic N) is 1. The summed E-state index contributed by atoms with van der Waals surface area (Å²) < 4.78 is 4.73.